The van der Waals surface area contributed by atoms with E-state index in [1.54, 1.807) is 11.9 Å². The normalized spacial score (nSPS) is 10.4. The zero-order chi connectivity index (χ0) is 13.5. The molecule has 0 bridgehead atoms. The van der Waals surface area contributed by atoms with Gasteiger partial charge in [0.1, 0.15) is 0 Å². The number of carbonyl (C=O) groups excluding carboxylic acids is 1. The van der Waals surface area contributed by atoms with Crippen LogP contribution in [0.5, 0.6) is 0 Å². The molecule has 0 aliphatic rings. The summed E-state index contributed by atoms with van der Waals surface area (Å²) in [5.74, 6) is 0.911. The average Bonchev–Trinajstić information content (AvgIpc) is 2.96. The number of H-pyrrole nitrogens is 1. The van der Waals surface area contributed by atoms with Gasteiger partial charge in [-0.25, -0.2) is 0 Å². The van der Waals surface area contributed by atoms with E-state index in [2.05, 4.69) is 20.6 Å². The van der Waals surface area contributed by atoms with Crippen molar-refractivity contribution in [2.75, 3.05) is 17.7 Å². The van der Waals surface area contributed by atoms with Crippen molar-refractivity contribution >= 4 is 23.4 Å². The van der Waals surface area contributed by atoms with Crippen LogP contribution in [0.15, 0.2) is 35.5 Å². The Morgan fingerprint density at radius 2 is 2.16 bits per heavy atom. The standard InChI is InChI=1S/C12H15N5OS/c1-17(10-6-3-2-4-7-10)11(18)8-5-9-19-12-13-15-16-14-12/h2-4,6-7H,5,8-9H2,1H3,(H,13,14,15,16). The van der Waals surface area contributed by atoms with E-state index >= 15 is 0 Å². The monoisotopic (exact) mass is 277 g/mol. The third kappa shape index (κ3) is 4.06. The van der Waals surface area contributed by atoms with Crippen LogP contribution in [0.1, 0.15) is 12.8 Å². The number of nitrogens with zero attached hydrogens (tertiary/aromatic N) is 4. The van der Waals surface area contributed by atoms with Crippen LogP contribution in [0.2, 0.25) is 0 Å². The fourth-order valence-electron chi connectivity index (χ4n) is 1.56. The highest BCUT2D eigenvalue weighted by atomic mass is 32.2. The average molecular weight is 277 g/mol. The summed E-state index contributed by atoms with van der Waals surface area (Å²) in [5.41, 5.74) is 0.915. The fourth-order valence-corrected chi connectivity index (χ4v) is 2.24. The molecule has 0 unspecified atom stereocenters. The molecule has 0 saturated heterocycles. The number of amides is 1. The molecule has 0 saturated carbocycles. The van der Waals surface area contributed by atoms with Gasteiger partial charge in [-0.1, -0.05) is 30.0 Å². The lowest BCUT2D eigenvalue weighted by Gasteiger charge is -2.16. The SMILES string of the molecule is CN(C(=O)CCCSc1nn[nH]n1)c1ccccc1. The van der Waals surface area contributed by atoms with Crippen LogP contribution in [0, 0.1) is 0 Å². The number of aromatic amines is 1. The Morgan fingerprint density at radius 3 is 2.84 bits per heavy atom. The van der Waals surface area contributed by atoms with Gasteiger partial charge in [0.2, 0.25) is 11.1 Å². The van der Waals surface area contributed by atoms with Gasteiger partial charge in [-0.3, -0.25) is 4.79 Å². The van der Waals surface area contributed by atoms with Crippen molar-refractivity contribution < 1.29 is 4.79 Å². The second kappa shape index (κ2) is 6.89. The second-order valence-corrected chi connectivity index (χ2v) is 5.00. The van der Waals surface area contributed by atoms with Gasteiger partial charge in [0, 0.05) is 24.9 Å². The smallest absolute Gasteiger partial charge is 0.230 e. The first-order valence-corrected chi connectivity index (χ1v) is 6.94. The molecular formula is C12H15N5OS. The van der Waals surface area contributed by atoms with Crippen molar-refractivity contribution in [3.05, 3.63) is 30.3 Å². The van der Waals surface area contributed by atoms with Crippen molar-refractivity contribution in [2.24, 2.45) is 0 Å². The summed E-state index contributed by atoms with van der Waals surface area (Å²) in [7, 11) is 1.80. The minimum Gasteiger partial charge on any atom is -0.316 e. The highest BCUT2D eigenvalue weighted by Gasteiger charge is 2.10. The van der Waals surface area contributed by atoms with Gasteiger partial charge in [-0.15, -0.1) is 10.2 Å². The summed E-state index contributed by atoms with van der Waals surface area (Å²) in [5, 5.41) is 14.2. The lowest BCUT2D eigenvalue weighted by atomic mass is 10.2. The van der Waals surface area contributed by atoms with Crippen molar-refractivity contribution in [3.63, 3.8) is 0 Å². The number of rotatable bonds is 6. The summed E-state index contributed by atoms with van der Waals surface area (Å²) in [6, 6.07) is 9.62. The molecule has 0 radical (unpaired) electrons. The first-order valence-electron chi connectivity index (χ1n) is 5.95. The lowest BCUT2D eigenvalue weighted by Crippen LogP contribution is -2.25. The Hall–Kier alpha value is -1.89. The minimum atomic E-state index is 0.111. The van der Waals surface area contributed by atoms with E-state index in [0.29, 0.717) is 11.6 Å². The molecule has 1 N–H and O–H groups in total. The van der Waals surface area contributed by atoms with E-state index in [1.165, 1.54) is 11.8 Å². The summed E-state index contributed by atoms with van der Waals surface area (Å²) in [6.07, 6.45) is 1.30. The molecule has 0 atom stereocenters. The molecule has 19 heavy (non-hydrogen) atoms. The highest BCUT2D eigenvalue weighted by Crippen LogP contribution is 2.15. The second-order valence-electron chi connectivity index (χ2n) is 3.93. The maximum absolute atomic E-state index is 12.0. The number of hydrogen-bond donors (Lipinski definition) is 1. The predicted octanol–water partition coefficient (Wildman–Crippen LogP) is 1.73. The lowest BCUT2D eigenvalue weighted by molar-refractivity contribution is -0.118. The number of para-hydroxylation sites is 1. The van der Waals surface area contributed by atoms with Crippen LogP contribution in [-0.2, 0) is 4.79 Å². The third-order valence-electron chi connectivity index (χ3n) is 2.61. The van der Waals surface area contributed by atoms with Crippen LogP contribution >= 0.6 is 11.8 Å². The molecule has 7 heteroatoms. The molecule has 2 rings (SSSR count). The van der Waals surface area contributed by atoms with E-state index in [1.807, 2.05) is 30.3 Å². The maximum Gasteiger partial charge on any atom is 0.230 e. The predicted molar refractivity (Wildman–Crippen MR) is 74.0 cm³/mol. The zero-order valence-electron chi connectivity index (χ0n) is 10.6. The molecule has 1 aromatic heterocycles. The van der Waals surface area contributed by atoms with Crippen LogP contribution in [0.4, 0.5) is 5.69 Å². The summed E-state index contributed by atoms with van der Waals surface area (Å²) < 4.78 is 0. The van der Waals surface area contributed by atoms with Gasteiger partial charge in [0.05, 0.1) is 0 Å². The van der Waals surface area contributed by atoms with Crippen molar-refractivity contribution in [1.82, 2.24) is 20.6 Å². The number of carbonyl (C=O) groups is 1. The van der Waals surface area contributed by atoms with E-state index in [-0.39, 0.29) is 5.91 Å². The molecule has 1 amide bonds. The minimum absolute atomic E-state index is 0.111. The molecular weight excluding hydrogens is 262 g/mol. The fraction of sp³-hybridized carbons (Fsp3) is 0.333. The Balaban J connectivity index is 1.72. The molecule has 0 aliphatic carbocycles. The molecule has 0 aliphatic heterocycles. The van der Waals surface area contributed by atoms with Gasteiger partial charge >= 0.3 is 0 Å². The van der Waals surface area contributed by atoms with Gasteiger partial charge in [-0.05, 0) is 23.8 Å². The van der Waals surface area contributed by atoms with Crippen molar-refractivity contribution in [3.8, 4) is 0 Å². The summed E-state index contributed by atoms with van der Waals surface area (Å²) >= 11 is 1.49. The number of aromatic nitrogens is 4. The largest absolute Gasteiger partial charge is 0.316 e. The number of hydrogen-bond acceptors (Lipinski definition) is 5. The first-order chi connectivity index (χ1) is 9.27. The van der Waals surface area contributed by atoms with Gasteiger partial charge < -0.3 is 4.90 Å². The summed E-state index contributed by atoms with van der Waals surface area (Å²) in [4.78, 5) is 13.7. The van der Waals surface area contributed by atoms with Crippen molar-refractivity contribution in [1.29, 1.82) is 0 Å². The van der Waals surface area contributed by atoms with Crippen LogP contribution in [0.3, 0.4) is 0 Å². The molecule has 1 aromatic carbocycles. The third-order valence-corrected chi connectivity index (χ3v) is 3.53. The number of benzene rings is 1. The molecule has 1 heterocycles. The Kier molecular flexibility index (Phi) is 4.91. The number of anilines is 1. The number of thioether (sulfide) groups is 1. The van der Waals surface area contributed by atoms with Gasteiger partial charge in [0.25, 0.3) is 0 Å². The van der Waals surface area contributed by atoms with Crippen molar-refractivity contribution in [2.45, 2.75) is 18.0 Å². The van der Waals surface area contributed by atoms with Crippen LogP contribution in [-0.4, -0.2) is 39.3 Å². The molecule has 6 nitrogen and oxygen atoms in total. The number of nitrogens with one attached hydrogen (secondary N) is 1. The van der Waals surface area contributed by atoms with Crippen LogP contribution in [0.25, 0.3) is 0 Å². The highest BCUT2D eigenvalue weighted by molar-refractivity contribution is 7.99. The first kappa shape index (κ1) is 13.5. The van der Waals surface area contributed by atoms with E-state index < -0.39 is 0 Å². The Labute approximate surface area is 115 Å². The zero-order valence-corrected chi connectivity index (χ0v) is 11.4. The Bertz CT molecular complexity index is 502. The molecule has 0 fully saturated rings. The topological polar surface area (TPSA) is 74.8 Å². The van der Waals surface area contributed by atoms with Gasteiger partial charge in [0.15, 0.2) is 0 Å². The Morgan fingerprint density at radius 1 is 1.37 bits per heavy atom. The molecule has 100 valence electrons. The molecule has 2 aromatic rings. The van der Waals surface area contributed by atoms with E-state index in [9.17, 15) is 4.79 Å². The van der Waals surface area contributed by atoms with Crippen LogP contribution < -0.4 is 4.90 Å². The van der Waals surface area contributed by atoms with E-state index in [0.717, 1.165) is 17.9 Å². The van der Waals surface area contributed by atoms with Gasteiger partial charge in [-0.2, -0.15) is 5.21 Å². The number of tetrazole rings is 1. The molecule has 0 spiro atoms. The quantitative estimate of drug-likeness (QED) is 0.643. The summed E-state index contributed by atoms with van der Waals surface area (Å²) in [6.45, 7) is 0. The van der Waals surface area contributed by atoms with E-state index in [4.69, 9.17) is 0 Å². The maximum atomic E-state index is 12.0.